The zero-order valence-corrected chi connectivity index (χ0v) is 14.9. The summed E-state index contributed by atoms with van der Waals surface area (Å²) in [6.45, 7) is 6.03. The van der Waals surface area contributed by atoms with Gasteiger partial charge in [0.15, 0.2) is 0 Å². The Labute approximate surface area is 148 Å². The van der Waals surface area contributed by atoms with E-state index in [9.17, 15) is 4.79 Å². The van der Waals surface area contributed by atoms with E-state index in [0.29, 0.717) is 6.54 Å². The monoisotopic (exact) mass is 339 g/mol. The minimum atomic E-state index is 0.0192. The van der Waals surface area contributed by atoms with Crippen LogP contribution < -0.4 is 4.90 Å². The van der Waals surface area contributed by atoms with E-state index >= 15 is 0 Å². The number of hydrogen-bond donors (Lipinski definition) is 0. The first-order valence-corrected chi connectivity index (χ1v) is 8.90. The molecule has 1 unspecified atom stereocenters. The number of benzene rings is 1. The number of hydrogen-bond acceptors (Lipinski definition) is 4. The molecule has 1 aromatic heterocycles. The second-order valence-corrected chi connectivity index (χ2v) is 7.37. The van der Waals surface area contributed by atoms with Crippen molar-refractivity contribution in [2.45, 2.75) is 25.4 Å². The SMILES string of the molecule is Cc1ccc(CN2CCC3(C2)CN(c2ccccc2)C(=O)CN3C)o1. The molecule has 0 radical (unpaired) electrons. The lowest BCUT2D eigenvalue weighted by molar-refractivity contribution is -0.123. The molecule has 0 N–H and O–H groups in total. The second kappa shape index (κ2) is 6.32. The highest BCUT2D eigenvalue weighted by Crippen LogP contribution is 2.34. The molecule has 1 aromatic carbocycles. The molecule has 2 saturated heterocycles. The van der Waals surface area contributed by atoms with Crippen molar-refractivity contribution in [1.29, 1.82) is 0 Å². The van der Waals surface area contributed by atoms with Crippen molar-refractivity contribution < 1.29 is 9.21 Å². The topological polar surface area (TPSA) is 39.9 Å². The van der Waals surface area contributed by atoms with Gasteiger partial charge in [0.2, 0.25) is 5.91 Å². The molecule has 2 fully saturated rings. The molecule has 1 spiro atoms. The van der Waals surface area contributed by atoms with Gasteiger partial charge in [0, 0.05) is 25.3 Å². The molecule has 5 heteroatoms. The Kier molecular flexibility index (Phi) is 4.13. The second-order valence-electron chi connectivity index (χ2n) is 7.37. The molecular weight excluding hydrogens is 314 g/mol. The quantitative estimate of drug-likeness (QED) is 0.861. The van der Waals surface area contributed by atoms with Crippen LogP contribution in [0.15, 0.2) is 46.9 Å². The summed E-state index contributed by atoms with van der Waals surface area (Å²) < 4.78 is 5.74. The lowest BCUT2D eigenvalue weighted by atomic mass is 9.92. The highest BCUT2D eigenvalue weighted by Gasteiger charge is 2.47. The van der Waals surface area contributed by atoms with Crippen LogP contribution in [0, 0.1) is 6.92 Å². The summed E-state index contributed by atoms with van der Waals surface area (Å²) in [5.41, 5.74) is 1.02. The summed E-state index contributed by atoms with van der Waals surface area (Å²) in [6.07, 6.45) is 1.07. The fourth-order valence-electron chi connectivity index (χ4n) is 4.11. The lowest BCUT2D eigenvalue weighted by Gasteiger charge is -2.47. The van der Waals surface area contributed by atoms with Crippen LogP contribution in [0.1, 0.15) is 17.9 Å². The highest BCUT2D eigenvalue weighted by atomic mass is 16.3. The molecule has 2 aromatic rings. The van der Waals surface area contributed by atoms with Gasteiger partial charge in [-0.25, -0.2) is 0 Å². The molecule has 3 heterocycles. The van der Waals surface area contributed by atoms with Crippen molar-refractivity contribution in [3.05, 3.63) is 54.0 Å². The standard InChI is InChI=1S/C20H25N3O2/c1-16-8-9-18(25-16)12-22-11-10-20(14-22)15-23(19(24)13-21(20)2)17-6-4-3-5-7-17/h3-9H,10-15H2,1-2H3. The van der Waals surface area contributed by atoms with Gasteiger partial charge < -0.3 is 9.32 Å². The maximum atomic E-state index is 12.6. The molecule has 25 heavy (non-hydrogen) atoms. The first-order valence-electron chi connectivity index (χ1n) is 8.90. The van der Waals surface area contributed by atoms with Crippen molar-refractivity contribution in [3.63, 3.8) is 0 Å². The van der Waals surface area contributed by atoms with Crippen molar-refractivity contribution in [1.82, 2.24) is 9.80 Å². The van der Waals surface area contributed by atoms with Crippen LogP contribution in [0.5, 0.6) is 0 Å². The third-order valence-electron chi connectivity index (χ3n) is 5.59. The zero-order valence-electron chi connectivity index (χ0n) is 14.9. The summed E-state index contributed by atoms with van der Waals surface area (Å²) in [7, 11) is 2.08. The van der Waals surface area contributed by atoms with Crippen LogP contribution in [-0.4, -0.2) is 54.5 Å². The summed E-state index contributed by atoms with van der Waals surface area (Å²) in [5, 5.41) is 0. The van der Waals surface area contributed by atoms with E-state index in [1.807, 2.05) is 48.2 Å². The van der Waals surface area contributed by atoms with E-state index in [1.165, 1.54) is 0 Å². The average Bonchev–Trinajstić information content (AvgIpc) is 3.20. The molecule has 1 atom stereocenters. The fraction of sp³-hybridized carbons (Fsp3) is 0.450. The Morgan fingerprint density at radius 2 is 1.92 bits per heavy atom. The molecule has 132 valence electrons. The Bertz CT molecular complexity index is 757. The minimum absolute atomic E-state index is 0.0192. The number of carbonyl (C=O) groups excluding carboxylic acids is 1. The first-order chi connectivity index (χ1) is 12.1. The molecular formula is C20H25N3O2. The maximum Gasteiger partial charge on any atom is 0.241 e. The molecule has 0 bridgehead atoms. The number of para-hydroxylation sites is 1. The number of likely N-dealkylation sites (N-methyl/N-ethyl adjacent to an activating group) is 1. The summed E-state index contributed by atoms with van der Waals surface area (Å²) in [4.78, 5) is 19.2. The van der Waals surface area contributed by atoms with Gasteiger partial charge in [-0.1, -0.05) is 18.2 Å². The predicted octanol–water partition coefficient (Wildman–Crippen LogP) is 2.51. The molecule has 0 aliphatic carbocycles. The van der Waals surface area contributed by atoms with Gasteiger partial charge in [-0.2, -0.15) is 0 Å². The lowest BCUT2D eigenvalue weighted by Crippen LogP contribution is -2.64. The van der Waals surface area contributed by atoms with Gasteiger partial charge in [0.05, 0.1) is 18.6 Å². The number of amides is 1. The van der Waals surface area contributed by atoms with Gasteiger partial charge in [-0.05, 0) is 44.7 Å². The predicted molar refractivity (Wildman–Crippen MR) is 97.5 cm³/mol. The number of furan rings is 1. The number of nitrogens with zero attached hydrogens (tertiary/aromatic N) is 3. The van der Waals surface area contributed by atoms with E-state index in [0.717, 1.165) is 49.8 Å². The maximum absolute atomic E-state index is 12.6. The Hall–Kier alpha value is -2.11. The molecule has 1 amide bonds. The van der Waals surface area contributed by atoms with Gasteiger partial charge in [0.1, 0.15) is 11.5 Å². The summed E-state index contributed by atoms with van der Waals surface area (Å²) >= 11 is 0. The summed E-state index contributed by atoms with van der Waals surface area (Å²) in [6, 6.07) is 14.1. The van der Waals surface area contributed by atoms with Gasteiger partial charge in [-0.15, -0.1) is 0 Å². The van der Waals surface area contributed by atoms with E-state index in [1.54, 1.807) is 0 Å². The van der Waals surface area contributed by atoms with Crippen LogP contribution in [0.4, 0.5) is 5.69 Å². The number of anilines is 1. The van der Waals surface area contributed by atoms with Crippen LogP contribution >= 0.6 is 0 Å². The normalized spacial score (nSPS) is 25.2. The molecule has 5 nitrogen and oxygen atoms in total. The average molecular weight is 339 g/mol. The van der Waals surface area contributed by atoms with Crippen LogP contribution in [0.3, 0.4) is 0 Å². The number of rotatable bonds is 3. The number of carbonyl (C=O) groups is 1. The van der Waals surface area contributed by atoms with E-state index in [4.69, 9.17) is 4.42 Å². The third-order valence-corrected chi connectivity index (χ3v) is 5.59. The van der Waals surface area contributed by atoms with E-state index in [2.05, 4.69) is 22.9 Å². The fourth-order valence-corrected chi connectivity index (χ4v) is 4.11. The molecule has 2 aliphatic heterocycles. The number of aryl methyl sites for hydroxylation is 1. The van der Waals surface area contributed by atoms with Crippen LogP contribution in [0.25, 0.3) is 0 Å². The van der Waals surface area contributed by atoms with Crippen molar-refractivity contribution in [2.75, 3.05) is 38.1 Å². The Morgan fingerprint density at radius 3 is 2.64 bits per heavy atom. The number of likely N-dealkylation sites (tertiary alicyclic amines) is 1. The van der Waals surface area contributed by atoms with Gasteiger partial charge in [-0.3, -0.25) is 14.6 Å². The van der Waals surface area contributed by atoms with Crippen molar-refractivity contribution in [3.8, 4) is 0 Å². The highest BCUT2D eigenvalue weighted by molar-refractivity contribution is 5.96. The Balaban J connectivity index is 1.51. The third kappa shape index (κ3) is 3.10. The van der Waals surface area contributed by atoms with Gasteiger partial charge >= 0.3 is 0 Å². The van der Waals surface area contributed by atoms with Crippen molar-refractivity contribution in [2.24, 2.45) is 0 Å². The minimum Gasteiger partial charge on any atom is -0.465 e. The largest absolute Gasteiger partial charge is 0.465 e. The molecule has 0 saturated carbocycles. The van der Waals surface area contributed by atoms with Crippen LogP contribution in [-0.2, 0) is 11.3 Å². The van der Waals surface area contributed by atoms with Gasteiger partial charge in [0.25, 0.3) is 0 Å². The molecule has 4 rings (SSSR count). The van der Waals surface area contributed by atoms with E-state index in [-0.39, 0.29) is 11.4 Å². The van der Waals surface area contributed by atoms with E-state index < -0.39 is 0 Å². The first kappa shape index (κ1) is 16.4. The summed E-state index contributed by atoms with van der Waals surface area (Å²) in [5.74, 6) is 2.16. The smallest absolute Gasteiger partial charge is 0.241 e. The zero-order chi connectivity index (χ0) is 17.4. The number of piperazine rings is 1. The Morgan fingerprint density at radius 1 is 1.12 bits per heavy atom. The van der Waals surface area contributed by atoms with Crippen molar-refractivity contribution >= 4 is 11.6 Å². The molecule has 2 aliphatic rings. The van der Waals surface area contributed by atoms with Crippen LogP contribution in [0.2, 0.25) is 0 Å².